The van der Waals surface area contributed by atoms with E-state index < -0.39 is 0 Å². The number of rotatable bonds is 4. The van der Waals surface area contributed by atoms with Gasteiger partial charge in [0.1, 0.15) is 0 Å². The third-order valence-corrected chi connectivity index (χ3v) is 3.52. The molecule has 0 saturated carbocycles. The SMILES string of the molecule is Cc1ccccc1NC(=O)CCN1CCCCC1. The van der Waals surface area contributed by atoms with Gasteiger partial charge in [-0.15, -0.1) is 0 Å². The molecule has 1 aromatic carbocycles. The van der Waals surface area contributed by atoms with Crippen molar-refractivity contribution in [1.29, 1.82) is 0 Å². The van der Waals surface area contributed by atoms with E-state index in [2.05, 4.69) is 10.2 Å². The highest BCUT2D eigenvalue weighted by Gasteiger charge is 2.11. The molecule has 0 bridgehead atoms. The number of nitrogens with zero attached hydrogens (tertiary/aromatic N) is 1. The second-order valence-corrected chi connectivity index (χ2v) is 5.02. The van der Waals surface area contributed by atoms with Gasteiger partial charge in [-0.25, -0.2) is 0 Å². The topological polar surface area (TPSA) is 32.3 Å². The summed E-state index contributed by atoms with van der Waals surface area (Å²) in [4.78, 5) is 14.3. The second-order valence-electron chi connectivity index (χ2n) is 5.02. The summed E-state index contributed by atoms with van der Waals surface area (Å²) in [6, 6.07) is 7.90. The third kappa shape index (κ3) is 3.84. The smallest absolute Gasteiger partial charge is 0.225 e. The molecule has 1 amide bonds. The Balaban J connectivity index is 1.76. The standard InChI is InChI=1S/C15H22N2O/c1-13-7-3-4-8-14(13)16-15(18)9-12-17-10-5-2-6-11-17/h3-4,7-8H,2,5-6,9-12H2,1H3,(H,16,18). The van der Waals surface area contributed by atoms with Gasteiger partial charge in [0.25, 0.3) is 0 Å². The predicted molar refractivity (Wildman–Crippen MR) is 74.7 cm³/mol. The minimum absolute atomic E-state index is 0.120. The van der Waals surface area contributed by atoms with Gasteiger partial charge >= 0.3 is 0 Å². The molecule has 1 N–H and O–H groups in total. The Morgan fingerprint density at radius 1 is 1.22 bits per heavy atom. The molecule has 0 atom stereocenters. The van der Waals surface area contributed by atoms with Crippen molar-refractivity contribution in [3.05, 3.63) is 29.8 Å². The van der Waals surface area contributed by atoms with E-state index in [1.165, 1.54) is 19.3 Å². The Morgan fingerprint density at radius 2 is 1.94 bits per heavy atom. The number of para-hydroxylation sites is 1. The number of nitrogens with one attached hydrogen (secondary N) is 1. The molecule has 2 rings (SSSR count). The van der Waals surface area contributed by atoms with Crippen LogP contribution in [0, 0.1) is 6.92 Å². The first-order valence-corrected chi connectivity index (χ1v) is 6.83. The monoisotopic (exact) mass is 246 g/mol. The van der Waals surface area contributed by atoms with Crippen molar-refractivity contribution in [2.24, 2.45) is 0 Å². The molecule has 1 fully saturated rings. The number of benzene rings is 1. The van der Waals surface area contributed by atoms with Gasteiger partial charge < -0.3 is 10.2 Å². The molecule has 1 aromatic rings. The lowest BCUT2D eigenvalue weighted by molar-refractivity contribution is -0.116. The molecule has 3 heteroatoms. The number of anilines is 1. The molecule has 1 heterocycles. The lowest BCUT2D eigenvalue weighted by Gasteiger charge is -2.26. The van der Waals surface area contributed by atoms with Gasteiger partial charge in [0.15, 0.2) is 0 Å². The summed E-state index contributed by atoms with van der Waals surface area (Å²) in [6.07, 6.45) is 4.49. The van der Waals surface area contributed by atoms with Crippen LogP contribution in [0.25, 0.3) is 0 Å². The van der Waals surface area contributed by atoms with E-state index in [0.29, 0.717) is 6.42 Å². The largest absolute Gasteiger partial charge is 0.326 e. The molecule has 0 aliphatic carbocycles. The maximum absolute atomic E-state index is 11.9. The quantitative estimate of drug-likeness (QED) is 0.886. The van der Waals surface area contributed by atoms with Gasteiger partial charge in [0.2, 0.25) is 5.91 Å². The van der Waals surface area contributed by atoms with Gasteiger partial charge in [-0.2, -0.15) is 0 Å². The van der Waals surface area contributed by atoms with E-state index >= 15 is 0 Å². The fourth-order valence-electron chi connectivity index (χ4n) is 2.37. The van der Waals surface area contributed by atoms with Crippen LogP contribution in [0.3, 0.4) is 0 Å². The van der Waals surface area contributed by atoms with Crippen molar-refractivity contribution in [3.63, 3.8) is 0 Å². The molecule has 0 aromatic heterocycles. The van der Waals surface area contributed by atoms with Crippen molar-refractivity contribution < 1.29 is 4.79 Å². The van der Waals surface area contributed by atoms with Crippen LogP contribution in [0.5, 0.6) is 0 Å². The van der Waals surface area contributed by atoms with E-state index in [4.69, 9.17) is 0 Å². The number of hydrogen-bond donors (Lipinski definition) is 1. The first-order chi connectivity index (χ1) is 8.75. The van der Waals surface area contributed by atoms with Crippen LogP contribution in [-0.4, -0.2) is 30.4 Å². The van der Waals surface area contributed by atoms with Crippen molar-refractivity contribution in [2.45, 2.75) is 32.6 Å². The number of piperidine rings is 1. The van der Waals surface area contributed by atoms with Crippen LogP contribution >= 0.6 is 0 Å². The van der Waals surface area contributed by atoms with Crippen LogP contribution in [0.2, 0.25) is 0 Å². The second kappa shape index (κ2) is 6.55. The van der Waals surface area contributed by atoms with Gasteiger partial charge in [0, 0.05) is 18.7 Å². The molecular weight excluding hydrogens is 224 g/mol. The van der Waals surface area contributed by atoms with Crippen LogP contribution < -0.4 is 5.32 Å². The molecule has 1 saturated heterocycles. The first kappa shape index (κ1) is 13.1. The summed E-state index contributed by atoms with van der Waals surface area (Å²) >= 11 is 0. The maximum Gasteiger partial charge on any atom is 0.225 e. The lowest BCUT2D eigenvalue weighted by atomic mass is 10.1. The average Bonchev–Trinajstić information content (AvgIpc) is 2.40. The number of carbonyl (C=O) groups is 1. The summed E-state index contributed by atoms with van der Waals surface area (Å²) in [5, 5.41) is 2.98. The van der Waals surface area contributed by atoms with E-state index in [0.717, 1.165) is 30.9 Å². The highest BCUT2D eigenvalue weighted by molar-refractivity contribution is 5.91. The van der Waals surface area contributed by atoms with Crippen LogP contribution in [0.1, 0.15) is 31.2 Å². The van der Waals surface area contributed by atoms with Crippen molar-refractivity contribution in [2.75, 3.05) is 25.0 Å². The Hall–Kier alpha value is -1.35. The van der Waals surface area contributed by atoms with Gasteiger partial charge in [-0.3, -0.25) is 4.79 Å². The highest BCUT2D eigenvalue weighted by atomic mass is 16.1. The zero-order valence-corrected chi connectivity index (χ0v) is 11.1. The van der Waals surface area contributed by atoms with Crippen LogP contribution in [0.15, 0.2) is 24.3 Å². The van der Waals surface area contributed by atoms with Crippen LogP contribution in [-0.2, 0) is 4.79 Å². The molecule has 1 aliphatic heterocycles. The number of aryl methyl sites for hydroxylation is 1. The van der Waals surface area contributed by atoms with Crippen molar-refractivity contribution in [3.8, 4) is 0 Å². The normalized spacial score (nSPS) is 16.5. The van der Waals surface area contributed by atoms with Crippen molar-refractivity contribution >= 4 is 11.6 Å². The number of amides is 1. The van der Waals surface area contributed by atoms with E-state index in [9.17, 15) is 4.79 Å². The minimum atomic E-state index is 0.120. The lowest BCUT2D eigenvalue weighted by Crippen LogP contribution is -2.32. The Labute approximate surface area is 109 Å². The predicted octanol–water partition coefficient (Wildman–Crippen LogP) is 2.81. The van der Waals surface area contributed by atoms with Gasteiger partial charge in [-0.05, 0) is 44.5 Å². The molecule has 0 radical (unpaired) electrons. The van der Waals surface area contributed by atoms with Crippen LogP contribution in [0.4, 0.5) is 5.69 Å². The Bertz CT molecular complexity index is 397. The third-order valence-electron chi connectivity index (χ3n) is 3.52. The fraction of sp³-hybridized carbons (Fsp3) is 0.533. The highest BCUT2D eigenvalue weighted by Crippen LogP contribution is 2.14. The molecule has 18 heavy (non-hydrogen) atoms. The van der Waals surface area contributed by atoms with E-state index in [1.807, 2.05) is 31.2 Å². The molecule has 1 aliphatic rings. The minimum Gasteiger partial charge on any atom is -0.326 e. The summed E-state index contributed by atoms with van der Waals surface area (Å²) < 4.78 is 0. The van der Waals surface area contributed by atoms with Gasteiger partial charge in [0.05, 0.1) is 0 Å². The number of hydrogen-bond acceptors (Lipinski definition) is 2. The average molecular weight is 246 g/mol. The Kier molecular flexibility index (Phi) is 4.76. The Morgan fingerprint density at radius 3 is 2.67 bits per heavy atom. The summed E-state index contributed by atoms with van der Waals surface area (Å²) in [5.41, 5.74) is 2.05. The summed E-state index contributed by atoms with van der Waals surface area (Å²) in [6.45, 7) is 5.20. The van der Waals surface area contributed by atoms with Gasteiger partial charge in [-0.1, -0.05) is 24.6 Å². The van der Waals surface area contributed by atoms with E-state index in [1.54, 1.807) is 0 Å². The first-order valence-electron chi connectivity index (χ1n) is 6.83. The maximum atomic E-state index is 11.9. The molecule has 98 valence electrons. The fourth-order valence-corrected chi connectivity index (χ4v) is 2.37. The summed E-state index contributed by atoms with van der Waals surface area (Å²) in [7, 11) is 0. The number of carbonyl (C=O) groups excluding carboxylic acids is 1. The van der Waals surface area contributed by atoms with E-state index in [-0.39, 0.29) is 5.91 Å². The molecule has 0 spiro atoms. The van der Waals surface area contributed by atoms with Crippen molar-refractivity contribution in [1.82, 2.24) is 4.90 Å². The molecular formula is C15H22N2O. The zero-order valence-electron chi connectivity index (χ0n) is 11.1. The zero-order chi connectivity index (χ0) is 12.8. The number of likely N-dealkylation sites (tertiary alicyclic amines) is 1. The summed E-state index contributed by atoms with van der Waals surface area (Å²) in [5.74, 6) is 0.120. The molecule has 3 nitrogen and oxygen atoms in total. The molecule has 0 unspecified atom stereocenters.